The Morgan fingerprint density at radius 3 is 1.75 bits per heavy atom. The number of benzene rings is 10. The highest BCUT2D eigenvalue weighted by molar-refractivity contribution is 6.15. The molecule has 2 aliphatic rings. The van der Waals surface area contributed by atoms with Crippen LogP contribution in [0.4, 0.5) is 0 Å². The summed E-state index contributed by atoms with van der Waals surface area (Å²) < 4.78 is 2.57. The van der Waals surface area contributed by atoms with Crippen molar-refractivity contribution in [1.29, 1.82) is 0 Å². The Morgan fingerprint density at radius 1 is 0.322 bits per heavy atom. The Kier molecular flexibility index (Phi) is 6.91. The molecule has 1 aromatic heterocycles. The molecule has 274 valence electrons. The van der Waals surface area contributed by atoms with Crippen LogP contribution in [0, 0.1) is 0 Å². The van der Waals surface area contributed by atoms with Crippen LogP contribution in [-0.4, -0.2) is 4.57 Å². The number of hydrogen-bond donors (Lipinski definition) is 0. The minimum absolute atomic E-state index is 0.120. The van der Waals surface area contributed by atoms with Crippen molar-refractivity contribution in [3.63, 3.8) is 0 Å². The van der Waals surface area contributed by atoms with Gasteiger partial charge in [-0.2, -0.15) is 0 Å². The maximum absolute atomic E-state index is 2.57. The number of fused-ring (bicyclic) bond motifs is 12. The lowest BCUT2D eigenvalue weighted by molar-refractivity contribution is 1.01. The first kappa shape index (κ1) is 32.6. The molecular formula is C58H37N. The van der Waals surface area contributed by atoms with Gasteiger partial charge in [0.05, 0.1) is 16.7 Å². The van der Waals surface area contributed by atoms with E-state index in [1.165, 1.54) is 116 Å². The molecule has 2 atom stereocenters. The van der Waals surface area contributed by atoms with Gasteiger partial charge in [0.2, 0.25) is 0 Å². The van der Waals surface area contributed by atoms with Crippen molar-refractivity contribution in [1.82, 2.24) is 4.57 Å². The quantitative estimate of drug-likeness (QED) is 0.169. The summed E-state index contributed by atoms with van der Waals surface area (Å²) in [6, 6.07) is 79.4. The lowest BCUT2D eigenvalue weighted by atomic mass is 9.86. The van der Waals surface area contributed by atoms with Crippen molar-refractivity contribution in [3.8, 4) is 39.1 Å². The van der Waals surface area contributed by atoms with E-state index in [-0.39, 0.29) is 11.8 Å². The fraction of sp³-hybridized carbons (Fsp3) is 0.0345. The lowest BCUT2D eigenvalue weighted by Gasteiger charge is -2.18. The molecule has 10 aromatic carbocycles. The zero-order valence-electron chi connectivity index (χ0n) is 32.3. The highest BCUT2D eigenvalue weighted by atomic mass is 15.0. The van der Waals surface area contributed by atoms with E-state index in [1.807, 2.05) is 0 Å². The largest absolute Gasteiger partial charge is 0.308 e. The van der Waals surface area contributed by atoms with Crippen LogP contribution in [0.5, 0.6) is 0 Å². The van der Waals surface area contributed by atoms with Crippen molar-refractivity contribution in [2.45, 2.75) is 11.8 Å². The molecule has 0 saturated heterocycles. The average Bonchev–Trinajstić information content (AvgIpc) is 3.94. The summed E-state index contributed by atoms with van der Waals surface area (Å²) >= 11 is 0. The molecule has 0 spiro atoms. The molecule has 1 nitrogen and oxygen atoms in total. The van der Waals surface area contributed by atoms with Crippen molar-refractivity contribution >= 4 is 43.4 Å². The minimum atomic E-state index is 0.120. The second kappa shape index (κ2) is 12.5. The zero-order valence-corrected chi connectivity index (χ0v) is 32.3. The Hall–Kier alpha value is -7.48. The first-order chi connectivity index (χ1) is 29.3. The fourth-order valence-corrected chi connectivity index (χ4v) is 10.9. The first-order valence-corrected chi connectivity index (χ1v) is 20.7. The van der Waals surface area contributed by atoms with E-state index in [0.717, 1.165) is 0 Å². The van der Waals surface area contributed by atoms with E-state index in [9.17, 15) is 0 Å². The van der Waals surface area contributed by atoms with Crippen molar-refractivity contribution in [2.75, 3.05) is 0 Å². The number of nitrogens with zero attached hydrogens (tertiary/aromatic N) is 1. The Bertz CT molecular complexity index is 3500. The Morgan fingerprint density at radius 2 is 0.915 bits per heavy atom. The van der Waals surface area contributed by atoms with E-state index in [0.29, 0.717) is 0 Å². The molecule has 11 aromatic rings. The number of aromatic nitrogens is 1. The number of hydrogen-bond acceptors (Lipinski definition) is 0. The smallest absolute Gasteiger partial charge is 0.0589 e. The Balaban J connectivity index is 1.06. The van der Waals surface area contributed by atoms with Gasteiger partial charge in [-0.05, 0) is 107 Å². The second-order valence-corrected chi connectivity index (χ2v) is 16.3. The predicted molar refractivity (Wildman–Crippen MR) is 247 cm³/mol. The molecule has 0 aliphatic heterocycles. The summed E-state index contributed by atoms with van der Waals surface area (Å²) in [7, 11) is 0. The molecule has 2 unspecified atom stereocenters. The molecule has 2 aliphatic carbocycles. The van der Waals surface area contributed by atoms with Gasteiger partial charge in [0.1, 0.15) is 0 Å². The zero-order chi connectivity index (χ0) is 38.6. The van der Waals surface area contributed by atoms with Gasteiger partial charge < -0.3 is 4.57 Å². The van der Waals surface area contributed by atoms with E-state index in [2.05, 4.69) is 217 Å². The summed E-state index contributed by atoms with van der Waals surface area (Å²) in [6.45, 7) is 0. The predicted octanol–water partition coefficient (Wildman–Crippen LogP) is 15.1. The van der Waals surface area contributed by atoms with Crippen LogP contribution < -0.4 is 0 Å². The summed E-state index contributed by atoms with van der Waals surface area (Å²) in [5, 5.41) is 7.65. The minimum Gasteiger partial charge on any atom is -0.308 e. The summed E-state index contributed by atoms with van der Waals surface area (Å²) in [5.41, 5.74) is 19.7. The molecule has 0 amide bonds. The van der Waals surface area contributed by atoms with Crippen molar-refractivity contribution in [3.05, 3.63) is 246 Å². The standard InChI is InChI=1S/C58H37N/c1-2-16-38(17-3-1)55-46-24-10-8-22-43(46)48-31-32-50-52-35-40(29-33-54(52)59(58(50)57(48)55)53-27-13-19-37-15-5-7-21-42(37)53)39-28-30-49-51(34-39)44-23-9-11-25-47(44)56(49)45-26-12-18-36-14-4-6-20-41(36)45/h1-35,55-56H. The maximum atomic E-state index is 2.57. The molecule has 0 saturated carbocycles. The van der Waals surface area contributed by atoms with Gasteiger partial charge in [0.25, 0.3) is 0 Å². The van der Waals surface area contributed by atoms with Crippen LogP contribution in [0.25, 0.3) is 82.4 Å². The fourth-order valence-electron chi connectivity index (χ4n) is 10.9. The molecule has 0 radical (unpaired) electrons. The second-order valence-electron chi connectivity index (χ2n) is 16.3. The van der Waals surface area contributed by atoms with E-state index >= 15 is 0 Å². The molecule has 1 heteroatoms. The van der Waals surface area contributed by atoms with Crippen LogP contribution >= 0.6 is 0 Å². The van der Waals surface area contributed by atoms with E-state index in [1.54, 1.807) is 0 Å². The van der Waals surface area contributed by atoms with Crippen LogP contribution in [-0.2, 0) is 0 Å². The van der Waals surface area contributed by atoms with Gasteiger partial charge in [0.15, 0.2) is 0 Å². The van der Waals surface area contributed by atoms with E-state index < -0.39 is 0 Å². The SMILES string of the molecule is c1ccc(C2c3ccccc3-c3ccc4c5cc(-c6ccc7c(c6)-c6ccccc6C7c6cccc7ccccc67)ccc5n(-c5cccc6ccccc56)c4c32)cc1. The van der Waals surface area contributed by atoms with Crippen molar-refractivity contribution in [2.24, 2.45) is 0 Å². The topological polar surface area (TPSA) is 4.93 Å². The van der Waals surface area contributed by atoms with Crippen LogP contribution in [0.15, 0.2) is 212 Å². The summed E-state index contributed by atoms with van der Waals surface area (Å²) in [4.78, 5) is 0. The average molecular weight is 748 g/mol. The highest BCUT2D eigenvalue weighted by Crippen LogP contribution is 2.54. The third-order valence-corrected chi connectivity index (χ3v) is 13.4. The normalized spacial score (nSPS) is 15.1. The molecule has 0 bridgehead atoms. The van der Waals surface area contributed by atoms with Crippen LogP contribution in [0.1, 0.15) is 45.2 Å². The van der Waals surface area contributed by atoms with Gasteiger partial charge in [-0.1, -0.05) is 188 Å². The van der Waals surface area contributed by atoms with Gasteiger partial charge in [0, 0.05) is 28.0 Å². The third-order valence-electron chi connectivity index (χ3n) is 13.4. The molecule has 0 N–H and O–H groups in total. The first-order valence-electron chi connectivity index (χ1n) is 20.7. The van der Waals surface area contributed by atoms with Gasteiger partial charge in [-0.25, -0.2) is 0 Å². The molecule has 1 heterocycles. The monoisotopic (exact) mass is 747 g/mol. The lowest BCUT2D eigenvalue weighted by Crippen LogP contribution is -2.03. The van der Waals surface area contributed by atoms with Crippen molar-refractivity contribution < 1.29 is 0 Å². The Labute approximate surface area is 343 Å². The molecule has 13 rings (SSSR count). The van der Waals surface area contributed by atoms with Gasteiger partial charge in [-0.15, -0.1) is 0 Å². The molecular weight excluding hydrogens is 711 g/mol. The summed E-state index contributed by atoms with van der Waals surface area (Å²) in [5.74, 6) is 0.307. The maximum Gasteiger partial charge on any atom is 0.0589 e. The van der Waals surface area contributed by atoms with Gasteiger partial charge in [-0.3, -0.25) is 0 Å². The van der Waals surface area contributed by atoms with Crippen LogP contribution in [0.2, 0.25) is 0 Å². The molecule has 0 fully saturated rings. The summed E-state index contributed by atoms with van der Waals surface area (Å²) in [6.07, 6.45) is 0. The third kappa shape index (κ3) is 4.67. The van der Waals surface area contributed by atoms with Crippen LogP contribution in [0.3, 0.4) is 0 Å². The number of rotatable bonds is 4. The van der Waals surface area contributed by atoms with E-state index in [4.69, 9.17) is 0 Å². The molecule has 59 heavy (non-hydrogen) atoms. The highest BCUT2D eigenvalue weighted by Gasteiger charge is 2.34. The van der Waals surface area contributed by atoms with Gasteiger partial charge >= 0.3 is 0 Å².